The molecule has 2 saturated heterocycles. The summed E-state index contributed by atoms with van der Waals surface area (Å²) < 4.78 is 38.7. The Morgan fingerprint density at radius 2 is 1.87 bits per heavy atom. The molecule has 0 radical (unpaired) electrons. The Bertz CT molecular complexity index is 715. The molecule has 11 heteroatoms. The quantitative estimate of drug-likeness (QED) is 0.780. The average molecular weight is 434 g/mol. The molecule has 1 aromatic heterocycles. The Morgan fingerprint density at radius 1 is 1.23 bits per heavy atom. The zero-order valence-corrected chi connectivity index (χ0v) is 17.3. The van der Waals surface area contributed by atoms with Crippen LogP contribution in [0.1, 0.15) is 36.2 Å². The number of likely N-dealkylation sites (tertiary alicyclic amines) is 2. The number of nitrogens with zero attached hydrogens (tertiary/aromatic N) is 4. The van der Waals surface area contributed by atoms with Gasteiger partial charge in [0.2, 0.25) is 0 Å². The smallest absolute Gasteiger partial charge is 0.475 e. The largest absolute Gasteiger partial charge is 0.490 e. The number of aliphatic carboxylic acids is 1. The number of carboxylic acid groups (broad SMARTS) is 1. The molecular formula is C19H29F3N4O4. The van der Waals surface area contributed by atoms with Crippen LogP contribution in [0.4, 0.5) is 13.2 Å². The zero-order chi connectivity index (χ0) is 22.4. The van der Waals surface area contributed by atoms with Crippen molar-refractivity contribution in [1.82, 2.24) is 19.4 Å². The Balaban J connectivity index is 0.000000396. The topological polar surface area (TPSA) is 87.9 Å². The number of imidazole rings is 1. The van der Waals surface area contributed by atoms with Gasteiger partial charge in [-0.2, -0.15) is 13.2 Å². The fourth-order valence-corrected chi connectivity index (χ4v) is 3.99. The lowest BCUT2D eigenvalue weighted by atomic mass is 9.72. The molecule has 2 aliphatic heterocycles. The van der Waals surface area contributed by atoms with Crippen molar-refractivity contribution in [3.8, 4) is 0 Å². The van der Waals surface area contributed by atoms with E-state index in [-0.39, 0.29) is 5.91 Å². The molecule has 0 aliphatic carbocycles. The average Bonchev–Trinajstić information content (AvgIpc) is 3.13. The van der Waals surface area contributed by atoms with E-state index in [1.165, 1.54) is 19.3 Å². The molecule has 2 fully saturated rings. The number of carboxylic acids is 1. The van der Waals surface area contributed by atoms with Crippen LogP contribution < -0.4 is 0 Å². The van der Waals surface area contributed by atoms with Crippen LogP contribution in [0.15, 0.2) is 12.5 Å². The summed E-state index contributed by atoms with van der Waals surface area (Å²) in [5.41, 5.74) is 1.01. The van der Waals surface area contributed by atoms with Crippen LogP contribution in [-0.2, 0) is 16.6 Å². The Labute approximate surface area is 173 Å². The van der Waals surface area contributed by atoms with Crippen LogP contribution in [0.25, 0.3) is 0 Å². The standard InChI is InChI=1S/C17H28N4O2.C2HF3O2/c1-19-14-18-12-15(19)16(22)21-7-3-4-17(13-21)5-8-20(9-6-17)10-11-23-2;3-2(4,5)1(6)7/h12,14H,3-11,13H2,1-2H3;(H,6,7). The summed E-state index contributed by atoms with van der Waals surface area (Å²) in [6, 6.07) is 0. The van der Waals surface area contributed by atoms with Gasteiger partial charge in [-0.25, -0.2) is 9.78 Å². The Kier molecular flexibility index (Phi) is 8.25. The molecule has 30 heavy (non-hydrogen) atoms. The fraction of sp³-hybridized carbons (Fsp3) is 0.737. The summed E-state index contributed by atoms with van der Waals surface area (Å²) in [6.07, 6.45) is 3.03. The van der Waals surface area contributed by atoms with E-state index >= 15 is 0 Å². The van der Waals surface area contributed by atoms with E-state index in [9.17, 15) is 18.0 Å². The summed E-state index contributed by atoms with van der Waals surface area (Å²) in [7, 11) is 3.64. The van der Waals surface area contributed by atoms with Gasteiger partial charge in [0.25, 0.3) is 5.91 Å². The molecule has 0 saturated carbocycles. The number of methoxy groups -OCH3 is 1. The van der Waals surface area contributed by atoms with Crippen molar-refractivity contribution in [2.45, 2.75) is 31.9 Å². The predicted octanol–water partition coefficient (Wildman–Crippen LogP) is 2.02. The molecule has 0 unspecified atom stereocenters. The first-order valence-electron chi connectivity index (χ1n) is 9.85. The third-order valence-corrected chi connectivity index (χ3v) is 5.76. The van der Waals surface area contributed by atoms with Gasteiger partial charge in [0, 0.05) is 33.8 Å². The van der Waals surface area contributed by atoms with Crippen molar-refractivity contribution < 1.29 is 32.6 Å². The van der Waals surface area contributed by atoms with Crippen LogP contribution in [0.3, 0.4) is 0 Å². The summed E-state index contributed by atoms with van der Waals surface area (Å²) in [5.74, 6) is -2.63. The number of piperidine rings is 2. The lowest BCUT2D eigenvalue weighted by Crippen LogP contribution is -2.51. The van der Waals surface area contributed by atoms with Gasteiger partial charge >= 0.3 is 12.1 Å². The maximum atomic E-state index is 12.8. The van der Waals surface area contributed by atoms with Crippen LogP contribution in [0.2, 0.25) is 0 Å². The number of amides is 1. The number of rotatable bonds is 4. The maximum Gasteiger partial charge on any atom is 0.490 e. The first-order chi connectivity index (χ1) is 14.1. The molecule has 0 atom stereocenters. The lowest BCUT2D eigenvalue weighted by Gasteiger charge is -2.47. The number of carbonyl (C=O) groups is 2. The van der Waals surface area contributed by atoms with E-state index in [0.29, 0.717) is 11.1 Å². The zero-order valence-electron chi connectivity index (χ0n) is 17.3. The lowest BCUT2D eigenvalue weighted by molar-refractivity contribution is -0.192. The van der Waals surface area contributed by atoms with Crippen molar-refractivity contribution in [3.05, 3.63) is 18.2 Å². The molecule has 1 N–H and O–H groups in total. The highest BCUT2D eigenvalue weighted by Gasteiger charge is 2.40. The minimum atomic E-state index is -5.08. The molecule has 3 heterocycles. The molecule has 170 valence electrons. The Hall–Kier alpha value is -2.14. The predicted molar refractivity (Wildman–Crippen MR) is 102 cm³/mol. The van der Waals surface area contributed by atoms with Crippen molar-refractivity contribution in [2.24, 2.45) is 12.5 Å². The van der Waals surface area contributed by atoms with Crippen LogP contribution in [-0.4, -0.2) is 89.0 Å². The van der Waals surface area contributed by atoms with E-state index in [4.69, 9.17) is 14.6 Å². The van der Waals surface area contributed by atoms with Gasteiger partial charge in [0.15, 0.2) is 0 Å². The van der Waals surface area contributed by atoms with E-state index in [0.717, 1.165) is 45.8 Å². The van der Waals surface area contributed by atoms with Gasteiger partial charge in [-0.1, -0.05) is 0 Å². The SMILES string of the molecule is COCCN1CCC2(CCCN(C(=O)c3cncn3C)C2)CC1.O=C(O)C(F)(F)F. The fourth-order valence-electron chi connectivity index (χ4n) is 3.99. The second-order valence-electron chi connectivity index (χ2n) is 7.86. The van der Waals surface area contributed by atoms with Gasteiger partial charge < -0.3 is 24.2 Å². The normalized spacial score (nSPS) is 19.3. The molecule has 0 aromatic carbocycles. The molecule has 2 aliphatic rings. The molecule has 1 aromatic rings. The monoisotopic (exact) mass is 434 g/mol. The minimum Gasteiger partial charge on any atom is -0.475 e. The summed E-state index contributed by atoms with van der Waals surface area (Å²) >= 11 is 0. The highest BCUT2D eigenvalue weighted by atomic mass is 19.4. The third-order valence-electron chi connectivity index (χ3n) is 5.76. The van der Waals surface area contributed by atoms with Gasteiger partial charge in [0.1, 0.15) is 5.69 Å². The number of carbonyl (C=O) groups excluding carboxylic acids is 1. The maximum absolute atomic E-state index is 12.8. The van der Waals surface area contributed by atoms with Crippen molar-refractivity contribution >= 4 is 11.9 Å². The number of alkyl halides is 3. The minimum absolute atomic E-state index is 0.130. The highest BCUT2D eigenvalue weighted by molar-refractivity contribution is 5.92. The van der Waals surface area contributed by atoms with Crippen LogP contribution in [0, 0.1) is 5.41 Å². The number of halogens is 3. The van der Waals surface area contributed by atoms with Crippen molar-refractivity contribution in [1.29, 1.82) is 0 Å². The number of hydrogen-bond donors (Lipinski definition) is 1. The number of hydrogen-bond acceptors (Lipinski definition) is 5. The summed E-state index contributed by atoms with van der Waals surface area (Å²) in [5, 5.41) is 7.12. The first-order valence-corrected chi connectivity index (χ1v) is 9.85. The van der Waals surface area contributed by atoms with Crippen molar-refractivity contribution in [3.63, 3.8) is 0 Å². The second kappa shape index (κ2) is 10.3. The number of aryl methyl sites for hydroxylation is 1. The van der Waals surface area contributed by atoms with Crippen LogP contribution in [0.5, 0.6) is 0 Å². The van der Waals surface area contributed by atoms with Gasteiger partial charge in [-0.3, -0.25) is 4.79 Å². The molecular weight excluding hydrogens is 405 g/mol. The second-order valence-corrected chi connectivity index (χ2v) is 7.86. The summed E-state index contributed by atoms with van der Waals surface area (Å²) in [6.45, 7) is 5.84. The first kappa shape index (κ1) is 24.1. The summed E-state index contributed by atoms with van der Waals surface area (Å²) in [4.78, 5) is 30.3. The molecule has 8 nitrogen and oxygen atoms in total. The molecule has 1 spiro atoms. The molecule has 3 rings (SSSR count). The van der Waals surface area contributed by atoms with Crippen molar-refractivity contribution in [2.75, 3.05) is 46.4 Å². The van der Waals surface area contributed by atoms with E-state index < -0.39 is 12.1 Å². The highest BCUT2D eigenvalue weighted by Crippen LogP contribution is 2.40. The van der Waals surface area contributed by atoms with E-state index in [2.05, 4.69) is 9.88 Å². The van der Waals surface area contributed by atoms with Gasteiger partial charge in [-0.05, 0) is 44.2 Å². The third kappa shape index (κ3) is 6.43. The van der Waals surface area contributed by atoms with Gasteiger partial charge in [-0.15, -0.1) is 0 Å². The number of aromatic nitrogens is 2. The van der Waals surface area contributed by atoms with E-state index in [1.54, 1.807) is 19.6 Å². The van der Waals surface area contributed by atoms with Gasteiger partial charge in [0.05, 0.1) is 19.1 Å². The van der Waals surface area contributed by atoms with E-state index in [1.807, 2.05) is 16.5 Å². The Morgan fingerprint density at radius 3 is 2.37 bits per heavy atom. The number of ether oxygens (including phenoxy) is 1. The van der Waals surface area contributed by atoms with Crippen LogP contribution >= 0.6 is 0 Å². The molecule has 1 amide bonds. The molecule has 0 bridgehead atoms.